The Morgan fingerprint density at radius 1 is 1.19 bits per heavy atom. The normalized spacial score (nSPS) is 10.7. The average molecular weight is 353 g/mol. The molecule has 134 valence electrons. The highest BCUT2D eigenvalue weighted by Gasteiger charge is 2.16. The van der Waals surface area contributed by atoms with Gasteiger partial charge in [0.2, 0.25) is 5.88 Å². The Hall–Kier alpha value is -3.15. The molecular formula is C20H19NO5. The van der Waals surface area contributed by atoms with Gasteiger partial charge in [0.05, 0.1) is 6.61 Å². The van der Waals surface area contributed by atoms with Gasteiger partial charge in [0.15, 0.2) is 0 Å². The van der Waals surface area contributed by atoms with Crippen molar-refractivity contribution >= 4 is 16.9 Å². The first-order valence-corrected chi connectivity index (χ1v) is 8.28. The van der Waals surface area contributed by atoms with E-state index < -0.39 is 11.6 Å². The molecule has 0 saturated heterocycles. The first-order chi connectivity index (χ1) is 12.5. The fraction of sp³-hybridized carbons (Fsp3) is 0.250. The van der Waals surface area contributed by atoms with Crippen molar-refractivity contribution in [2.45, 2.75) is 27.4 Å². The molecule has 0 atom stereocenters. The van der Waals surface area contributed by atoms with Crippen molar-refractivity contribution in [2.75, 3.05) is 6.61 Å². The van der Waals surface area contributed by atoms with Gasteiger partial charge >= 0.3 is 11.6 Å². The van der Waals surface area contributed by atoms with Crippen LogP contribution in [-0.2, 0) is 11.3 Å². The van der Waals surface area contributed by atoms with E-state index in [1.54, 1.807) is 18.3 Å². The molecule has 3 rings (SSSR count). The number of rotatable bonds is 5. The minimum absolute atomic E-state index is 0.0517. The number of aromatic nitrogens is 1. The van der Waals surface area contributed by atoms with E-state index in [-0.39, 0.29) is 18.1 Å². The Morgan fingerprint density at radius 3 is 2.73 bits per heavy atom. The quantitative estimate of drug-likeness (QED) is 0.515. The molecule has 3 aromatic rings. The lowest BCUT2D eigenvalue weighted by Crippen LogP contribution is -2.10. The maximum absolute atomic E-state index is 12.4. The van der Waals surface area contributed by atoms with E-state index in [4.69, 9.17) is 13.9 Å². The maximum atomic E-state index is 12.4. The number of aryl methyl sites for hydroxylation is 2. The molecule has 0 bridgehead atoms. The summed E-state index contributed by atoms with van der Waals surface area (Å²) in [6.45, 7) is 6.06. The topological polar surface area (TPSA) is 78.6 Å². The number of pyridine rings is 1. The summed E-state index contributed by atoms with van der Waals surface area (Å²) in [4.78, 5) is 28.3. The van der Waals surface area contributed by atoms with Crippen molar-refractivity contribution in [3.05, 3.63) is 69.2 Å². The monoisotopic (exact) mass is 353 g/mol. The predicted octanol–water partition coefficient (Wildman–Crippen LogP) is 3.56. The van der Waals surface area contributed by atoms with Gasteiger partial charge in [-0.25, -0.2) is 14.6 Å². The summed E-state index contributed by atoms with van der Waals surface area (Å²) >= 11 is 0. The molecule has 2 heterocycles. The molecule has 0 aliphatic carbocycles. The van der Waals surface area contributed by atoms with Crippen LogP contribution in [0.2, 0.25) is 0 Å². The molecule has 0 N–H and O–H groups in total. The average Bonchev–Trinajstić information content (AvgIpc) is 2.61. The Morgan fingerprint density at radius 2 is 1.96 bits per heavy atom. The van der Waals surface area contributed by atoms with Gasteiger partial charge in [-0.3, -0.25) is 0 Å². The second-order valence-electron chi connectivity index (χ2n) is 5.89. The van der Waals surface area contributed by atoms with E-state index in [9.17, 15) is 9.59 Å². The SMILES string of the molecule is CCOc1ncccc1C(=O)OCc1cc(=O)oc2cc(C)c(C)cc12. The highest BCUT2D eigenvalue weighted by atomic mass is 16.5. The fourth-order valence-corrected chi connectivity index (χ4v) is 2.62. The summed E-state index contributed by atoms with van der Waals surface area (Å²) in [6, 6.07) is 8.30. The van der Waals surface area contributed by atoms with Crippen molar-refractivity contribution in [3.8, 4) is 5.88 Å². The molecular weight excluding hydrogens is 334 g/mol. The smallest absolute Gasteiger partial charge is 0.343 e. The van der Waals surface area contributed by atoms with Crippen molar-refractivity contribution in [1.29, 1.82) is 0 Å². The minimum Gasteiger partial charge on any atom is -0.477 e. The number of esters is 1. The van der Waals surface area contributed by atoms with Crippen LogP contribution < -0.4 is 10.4 Å². The Balaban J connectivity index is 1.89. The van der Waals surface area contributed by atoms with Gasteiger partial charge in [-0.1, -0.05) is 0 Å². The number of carbonyl (C=O) groups is 1. The second-order valence-corrected chi connectivity index (χ2v) is 5.89. The largest absolute Gasteiger partial charge is 0.477 e. The van der Waals surface area contributed by atoms with Gasteiger partial charge in [-0.15, -0.1) is 0 Å². The molecule has 0 spiro atoms. The summed E-state index contributed by atoms with van der Waals surface area (Å²) in [5, 5.41) is 0.747. The van der Waals surface area contributed by atoms with Crippen LogP contribution in [0.25, 0.3) is 11.0 Å². The van der Waals surface area contributed by atoms with Crippen LogP contribution in [0.4, 0.5) is 0 Å². The van der Waals surface area contributed by atoms with E-state index >= 15 is 0 Å². The molecule has 2 aromatic heterocycles. The summed E-state index contributed by atoms with van der Waals surface area (Å²) in [5.74, 6) is -0.337. The third-order valence-corrected chi connectivity index (χ3v) is 4.08. The number of nitrogens with zero attached hydrogens (tertiary/aromatic N) is 1. The third-order valence-electron chi connectivity index (χ3n) is 4.08. The lowest BCUT2D eigenvalue weighted by molar-refractivity contribution is 0.0468. The minimum atomic E-state index is -0.563. The van der Waals surface area contributed by atoms with Crippen molar-refractivity contribution in [1.82, 2.24) is 4.98 Å². The van der Waals surface area contributed by atoms with E-state index in [0.717, 1.165) is 16.5 Å². The predicted molar refractivity (Wildman–Crippen MR) is 96.5 cm³/mol. The van der Waals surface area contributed by atoms with E-state index in [1.807, 2.05) is 32.9 Å². The summed E-state index contributed by atoms with van der Waals surface area (Å²) < 4.78 is 16.0. The van der Waals surface area contributed by atoms with Crippen molar-refractivity contribution in [3.63, 3.8) is 0 Å². The molecule has 26 heavy (non-hydrogen) atoms. The zero-order chi connectivity index (χ0) is 18.7. The number of ether oxygens (including phenoxy) is 2. The Bertz CT molecular complexity index is 1020. The fourth-order valence-electron chi connectivity index (χ4n) is 2.62. The van der Waals surface area contributed by atoms with Crippen LogP contribution in [0.15, 0.2) is 45.7 Å². The summed E-state index contributed by atoms with van der Waals surface area (Å²) in [5.41, 5.74) is 2.91. The summed E-state index contributed by atoms with van der Waals surface area (Å²) in [6.07, 6.45) is 1.54. The molecule has 0 aliphatic heterocycles. The maximum Gasteiger partial charge on any atom is 0.343 e. The number of hydrogen-bond acceptors (Lipinski definition) is 6. The standard InChI is InChI=1S/C20H19NO5/c1-4-24-19-15(6-5-7-21-19)20(23)25-11-14-10-18(22)26-17-9-13(3)12(2)8-16(14)17/h5-10H,4,11H2,1-3H3. The second kappa shape index (κ2) is 7.39. The van der Waals surface area contributed by atoms with Gasteiger partial charge in [-0.05, 0) is 56.2 Å². The van der Waals surface area contributed by atoms with Gasteiger partial charge in [0.25, 0.3) is 0 Å². The number of benzene rings is 1. The Kier molecular flexibility index (Phi) is 5.02. The van der Waals surface area contributed by atoms with Gasteiger partial charge in [-0.2, -0.15) is 0 Å². The van der Waals surface area contributed by atoms with Crippen LogP contribution in [0, 0.1) is 13.8 Å². The molecule has 0 fully saturated rings. The van der Waals surface area contributed by atoms with Gasteiger partial charge < -0.3 is 13.9 Å². The van der Waals surface area contributed by atoms with Crippen LogP contribution in [0.3, 0.4) is 0 Å². The third kappa shape index (κ3) is 3.59. The molecule has 0 radical (unpaired) electrons. The van der Waals surface area contributed by atoms with E-state index in [2.05, 4.69) is 4.98 Å². The molecule has 0 saturated carbocycles. The van der Waals surface area contributed by atoms with Crippen LogP contribution in [0.1, 0.15) is 34.0 Å². The van der Waals surface area contributed by atoms with Crippen LogP contribution >= 0.6 is 0 Å². The number of hydrogen-bond donors (Lipinski definition) is 0. The zero-order valence-electron chi connectivity index (χ0n) is 14.9. The highest BCUT2D eigenvalue weighted by molar-refractivity contribution is 5.92. The molecule has 6 heteroatoms. The van der Waals surface area contributed by atoms with Crippen molar-refractivity contribution < 1.29 is 18.7 Å². The van der Waals surface area contributed by atoms with Gasteiger partial charge in [0, 0.05) is 23.2 Å². The highest BCUT2D eigenvalue weighted by Crippen LogP contribution is 2.23. The van der Waals surface area contributed by atoms with Crippen LogP contribution in [-0.4, -0.2) is 17.6 Å². The Labute approximate surface area is 150 Å². The zero-order valence-corrected chi connectivity index (χ0v) is 14.9. The first-order valence-electron chi connectivity index (χ1n) is 8.28. The van der Waals surface area contributed by atoms with Gasteiger partial charge in [0.1, 0.15) is 17.8 Å². The van der Waals surface area contributed by atoms with E-state index in [0.29, 0.717) is 17.8 Å². The number of carbonyl (C=O) groups excluding carboxylic acids is 1. The lowest BCUT2D eigenvalue weighted by Gasteiger charge is -2.11. The number of fused-ring (bicyclic) bond motifs is 1. The van der Waals surface area contributed by atoms with Crippen LogP contribution in [0.5, 0.6) is 5.88 Å². The van der Waals surface area contributed by atoms with E-state index in [1.165, 1.54) is 6.07 Å². The molecule has 0 unspecified atom stereocenters. The first kappa shape index (κ1) is 17.7. The van der Waals surface area contributed by atoms with Crippen molar-refractivity contribution in [2.24, 2.45) is 0 Å². The molecule has 1 aromatic carbocycles. The molecule has 0 amide bonds. The molecule has 6 nitrogen and oxygen atoms in total. The lowest BCUT2D eigenvalue weighted by atomic mass is 10.0. The molecule has 0 aliphatic rings. The summed E-state index contributed by atoms with van der Waals surface area (Å²) in [7, 11) is 0.